The van der Waals surface area contributed by atoms with Gasteiger partial charge in [-0.2, -0.15) is 9.97 Å². The molecule has 1 atom stereocenters. The van der Waals surface area contributed by atoms with Crippen molar-refractivity contribution >= 4 is 62.3 Å². The highest BCUT2D eigenvalue weighted by Gasteiger charge is 2.20. The van der Waals surface area contributed by atoms with Crippen molar-refractivity contribution in [1.82, 2.24) is 30.6 Å². The highest BCUT2D eigenvalue weighted by atomic mass is 79.9. The number of halogens is 1. The fraction of sp³-hybridized carbons (Fsp3) is 0.348. The third-order valence-electron chi connectivity index (χ3n) is 5.44. The van der Waals surface area contributed by atoms with Crippen LogP contribution in [0.2, 0.25) is 0 Å². The minimum atomic E-state index is -1.11. The number of nitrogens with zero attached hydrogens (tertiary/aromatic N) is 5. The number of carbonyl (C=O) groups is 3. The van der Waals surface area contributed by atoms with Crippen LogP contribution >= 0.6 is 15.9 Å². The van der Waals surface area contributed by atoms with Crippen LogP contribution in [0, 0.1) is 0 Å². The van der Waals surface area contributed by atoms with E-state index in [0.29, 0.717) is 48.4 Å². The first-order valence-electron chi connectivity index (χ1n) is 11.4. The van der Waals surface area contributed by atoms with Gasteiger partial charge in [0, 0.05) is 24.8 Å². The summed E-state index contributed by atoms with van der Waals surface area (Å²) in [5.74, 6) is -1.55. The maximum absolute atomic E-state index is 12.6. The van der Waals surface area contributed by atoms with Crippen LogP contribution in [0.4, 0.5) is 17.5 Å². The van der Waals surface area contributed by atoms with E-state index in [1.165, 1.54) is 0 Å². The summed E-state index contributed by atoms with van der Waals surface area (Å²) in [7, 11) is 1.85. The number of nitrogens with two attached hydrogens (primary N) is 2. The Morgan fingerprint density at radius 2 is 1.84 bits per heavy atom. The molecule has 0 aliphatic heterocycles. The molecule has 2 amide bonds. The fourth-order valence-corrected chi connectivity index (χ4v) is 3.71. The maximum Gasteiger partial charge on any atom is 0.326 e. The Bertz CT molecular complexity index is 1270. The van der Waals surface area contributed by atoms with Crippen LogP contribution in [0.25, 0.3) is 11.2 Å². The third-order valence-corrected chi connectivity index (χ3v) is 5.95. The molecule has 0 aliphatic rings. The number of aliphatic carboxylic acids is 1. The van der Waals surface area contributed by atoms with Gasteiger partial charge in [0.25, 0.3) is 5.91 Å². The van der Waals surface area contributed by atoms with Crippen molar-refractivity contribution in [3.8, 4) is 0 Å². The first-order chi connectivity index (χ1) is 17.7. The number of carbonyl (C=O) groups excluding carboxylic acids is 2. The van der Waals surface area contributed by atoms with Gasteiger partial charge in [-0.15, -0.1) is 0 Å². The average Bonchev–Trinajstić information content (AvgIpc) is 2.87. The topological polar surface area (TPSA) is 202 Å². The number of rotatable bonds is 12. The Balaban J connectivity index is 1.57. The van der Waals surface area contributed by atoms with E-state index < -0.39 is 17.9 Å². The molecule has 37 heavy (non-hydrogen) atoms. The van der Waals surface area contributed by atoms with E-state index in [-0.39, 0.29) is 29.4 Å². The molecule has 3 rings (SSSR count). The standard InChI is InChI=1S/C23H28BrN9O4/c1-33(12-14-11-28-20-18(29-14)19(25)31-23(26)32-20)15-7-5-13(6-8-15)21(35)30-16(22(36)37)4-2-3-9-27-17(34)10-24/h5-8,11,16H,2-4,9-10,12H2,1H3,(H,27,34)(H,30,35)(H,36,37)(H4,25,26,28,31,32). The Hall–Kier alpha value is -4.07. The van der Waals surface area contributed by atoms with Gasteiger partial charge >= 0.3 is 5.97 Å². The lowest BCUT2D eigenvalue weighted by Crippen LogP contribution is -2.40. The van der Waals surface area contributed by atoms with Crippen molar-refractivity contribution in [1.29, 1.82) is 0 Å². The first-order valence-corrected chi connectivity index (χ1v) is 12.5. The SMILES string of the molecule is CN(Cc1cnc2nc(N)nc(N)c2n1)c1ccc(C(=O)NC(CCCCNC(=O)CBr)C(=O)O)cc1. The molecule has 2 heterocycles. The largest absolute Gasteiger partial charge is 0.480 e. The van der Waals surface area contributed by atoms with Crippen molar-refractivity contribution < 1.29 is 19.5 Å². The second-order valence-corrected chi connectivity index (χ2v) is 8.81. The van der Waals surface area contributed by atoms with Gasteiger partial charge in [0.2, 0.25) is 11.9 Å². The van der Waals surface area contributed by atoms with Crippen molar-refractivity contribution in [2.75, 3.05) is 35.3 Å². The van der Waals surface area contributed by atoms with Crippen molar-refractivity contribution in [2.45, 2.75) is 31.8 Å². The van der Waals surface area contributed by atoms with Crippen molar-refractivity contribution in [3.63, 3.8) is 0 Å². The highest BCUT2D eigenvalue weighted by Crippen LogP contribution is 2.19. The monoisotopic (exact) mass is 573 g/mol. The van der Waals surface area contributed by atoms with Gasteiger partial charge in [0.15, 0.2) is 17.0 Å². The highest BCUT2D eigenvalue weighted by molar-refractivity contribution is 9.09. The second-order valence-electron chi connectivity index (χ2n) is 8.25. The maximum atomic E-state index is 12.6. The van der Waals surface area contributed by atoms with Gasteiger partial charge in [0.05, 0.1) is 23.8 Å². The van der Waals surface area contributed by atoms with Crippen molar-refractivity contribution in [3.05, 3.63) is 41.7 Å². The molecule has 0 aliphatic carbocycles. The molecule has 2 aromatic heterocycles. The molecule has 14 heteroatoms. The lowest BCUT2D eigenvalue weighted by molar-refractivity contribution is -0.139. The summed E-state index contributed by atoms with van der Waals surface area (Å²) in [6, 6.07) is 5.72. The van der Waals surface area contributed by atoms with Gasteiger partial charge in [0.1, 0.15) is 6.04 Å². The summed E-state index contributed by atoms with van der Waals surface area (Å²) in [4.78, 5) is 54.0. The number of benzene rings is 1. The molecule has 3 aromatic rings. The van der Waals surface area contributed by atoms with Gasteiger partial charge in [-0.05, 0) is 43.5 Å². The predicted octanol–water partition coefficient (Wildman–Crippen LogP) is 1.09. The van der Waals surface area contributed by atoms with E-state index in [1.807, 2.05) is 11.9 Å². The summed E-state index contributed by atoms with van der Waals surface area (Å²) in [5, 5.41) is 14.9. The number of unbranched alkanes of at least 4 members (excludes halogenated alkanes) is 1. The molecule has 0 spiro atoms. The van der Waals surface area contributed by atoms with E-state index in [1.54, 1.807) is 30.5 Å². The first kappa shape index (κ1) is 27.5. The molecule has 0 radical (unpaired) electrons. The molecule has 0 saturated carbocycles. The molecular weight excluding hydrogens is 546 g/mol. The van der Waals surface area contributed by atoms with Gasteiger partial charge in [-0.25, -0.2) is 14.8 Å². The molecule has 1 unspecified atom stereocenters. The van der Waals surface area contributed by atoms with Gasteiger partial charge < -0.3 is 32.1 Å². The van der Waals surface area contributed by atoms with Crippen LogP contribution in [-0.4, -0.2) is 67.8 Å². The molecule has 1 aromatic carbocycles. The smallest absolute Gasteiger partial charge is 0.326 e. The van der Waals surface area contributed by atoms with Crippen molar-refractivity contribution in [2.24, 2.45) is 0 Å². The van der Waals surface area contributed by atoms with Crippen LogP contribution in [0.1, 0.15) is 35.3 Å². The number of fused-ring (bicyclic) bond motifs is 1. The minimum absolute atomic E-state index is 0.0267. The van der Waals surface area contributed by atoms with Gasteiger partial charge in [-0.3, -0.25) is 9.59 Å². The molecule has 13 nitrogen and oxygen atoms in total. The van der Waals surface area contributed by atoms with Crippen LogP contribution in [-0.2, 0) is 16.1 Å². The Kier molecular flexibility index (Phi) is 9.49. The number of hydrogen-bond acceptors (Lipinski definition) is 10. The van der Waals surface area contributed by atoms with E-state index in [2.05, 4.69) is 46.5 Å². The number of nitrogen functional groups attached to an aromatic ring is 2. The third kappa shape index (κ3) is 7.70. The number of hydrogen-bond donors (Lipinski definition) is 5. The van der Waals surface area contributed by atoms with Crippen LogP contribution in [0.15, 0.2) is 30.5 Å². The number of alkyl halides is 1. The van der Waals surface area contributed by atoms with Crippen LogP contribution < -0.4 is 27.0 Å². The molecule has 0 fully saturated rings. The Labute approximate surface area is 221 Å². The summed E-state index contributed by atoms with van der Waals surface area (Å²) < 4.78 is 0. The summed E-state index contributed by atoms with van der Waals surface area (Å²) >= 11 is 3.06. The van der Waals surface area contributed by atoms with Crippen LogP contribution in [0.5, 0.6) is 0 Å². The summed E-state index contributed by atoms with van der Waals surface area (Å²) in [5.41, 5.74) is 13.9. The lowest BCUT2D eigenvalue weighted by atomic mass is 10.1. The quantitative estimate of drug-likeness (QED) is 0.153. The lowest BCUT2D eigenvalue weighted by Gasteiger charge is -2.19. The van der Waals surface area contributed by atoms with Crippen LogP contribution in [0.3, 0.4) is 0 Å². The molecular formula is C23H28BrN9O4. The number of carboxylic acid groups (broad SMARTS) is 1. The summed E-state index contributed by atoms with van der Waals surface area (Å²) in [6.45, 7) is 0.843. The van der Waals surface area contributed by atoms with E-state index >= 15 is 0 Å². The number of amides is 2. The summed E-state index contributed by atoms with van der Waals surface area (Å²) in [6.07, 6.45) is 2.97. The van der Waals surface area contributed by atoms with Gasteiger partial charge in [-0.1, -0.05) is 15.9 Å². The van der Waals surface area contributed by atoms with E-state index in [0.717, 1.165) is 5.69 Å². The molecule has 0 saturated heterocycles. The molecule has 0 bridgehead atoms. The predicted molar refractivity (Wildman–Crippen MR) is 142 cm³/mol. The Morgan fingerprint density at radius 3 is 2.51 bits per heavy atom. The van der Waals surface area contributed by atoms with E-state index in [4.69, 9.17) is 11.5 Å². The fourth-order valence-electron chi connectivity index (χ4n) is 3.51. The molecule has 196 valence electrons. The number of nitrogens with one attached hydrogen (secondary N) is 2. The molecule has 7 N–H and O–H groups in total. The zero-order valence-electron chi connectivity index (χ0n) is 20.1. The normalized spacial score (nSPS) is 11.6. The average molecular weight is 574 g/mol. The second kappa shape index (κ2) is 12.8. The van der Waals surface area contributed by atoms with E-state index in [9.17, 15) is 19.5 Å². The Morgan fingerprint density at radius 1 is 1.11 bits per heavy atom. The number of carboxylic acids is 1. The zero-order valence-corrected chi connectivity index (χ0v) is 21.7. The number of anilines is 3. The zero-order chi connectivity index (χ0) is 26.9. The number of aromatic nitrogens is 4. The minimum Gasteiger partial charge on any atom is -0.480 e.